The fourth-order valence-electron chi connectivity index (χ4n) is 3.11. The highest BCUT2D eigenvalue weighted by atomic mass is 32.2. The minimum atomic E-state index is -0.352. The molecule has 2 aromatic heterocycles. The number of nitrogens with zero attached hydrogens (tertiary/aromatic N) is 4. The zero-order valence-electron chi connectivity index (χ0n) is 16.5. The van der Waals surface area contributed by atoms with Crippen molar-refractivity contribution in [3.05, 3.63) is 79.6 Å². The van der Waals surface area contributed by atoms with E-state index in [-0.39, 0.29) is 11.2 Å². The molecule has 150 valence electrons. The van der Waals surface area contributed by atoms with Gasteiger partial charge in [-0.25, -0.2) is 0 Å². The molecule has 6 nitrogen and oxygen atoms in total. The topological polar surface area (TPSA) is 72.7 Å². The number of hydrogen-bond acceptors (Lipinski definition) is 5. The number of fused-ring (bicyclic) bond motifs is 1. The van der Waals surface area contributed by atoms with Crippen LogP contribution in [0.1, 0.15) is 6.92 Å². The van der Waals surface area contributed by atoms with Gasteiger partial charge in [-0.15, -0.1) is 16.8 Å². The fraction of sp³-hybridized carbons (Fsp3) is 0.130. The van der Waals surface area contributed by atoms with Gasteiger partial charge in [0, 0.05) is 30.2 Å². The Morgan fingerprint density at radius 3 is 2.67 bits per heavy atom. The van der Waals surface area contributed by atoms with Crippen LogP contribution in [0.2, 0.25) is 0 Å². The molecule has 0 spiro atoms. The van der Waals surface area contributed by atoms with Gasteiger partial charge in [0.25, 0.3) is 0 Å². The highest BCUT2D eigenvalue weighted by Gasteiger charge is 2.20. The van der Waals surface area contributed by atoms with Crippen molar-refractivity contribution in [2.45, 2.75) is 23.9 Å². The van der Waals surface area contributed by atoms with Gasteiger partial charge in [0.15, 0.2) is 11.0 Å². The van der Waals surface area contributed by atoms with E-state index in [2.05, 4.69) is 27.1 Å². The van der Waals surface area contributed by atoms with Crippen molar-refractivity contribution in [3.63, 3.8) is 0 Å². The molecule has 0 aliphatic heterocycles. The van der Waals surface area contributed by atoms with Crippen LogP contribution in [0.4, 0.5) is 5.69 Å². The van der Waals surface area contributed by atoms with Crippen LogP contribution < -0.4 is 5.32 Å². The summed E-state index contributed by atoms with van der Waals surface area (Å²) in [4.78, 5) is 16.8. The van der Waals surface area contributed by atoms with E-state index in [9.17, 15) is 4.79 Å². The first-order valence-corrected chi connectivity index (χ1v) is 10.4. The zero-order valence-corrected chi connectivity index (χ0v) is 17.3. The number of aromatic nitrogens is 4. The number of carbonyl (C=O) groups is 1. The first kappa shape index (κ1) is 19.8. The quantitative estimate of drug-likeness (QED) is 0.347. The lowest BCUT2D eigenvalue weighted by atomic mass is 10.1. The third-order valence-corrected chi connectivity index (χ3v) is 5.72. The van der Waals surface area contributed by atoms with E-state index in [4.69, 9.17) is 0 Å². The number of allylic oxidation sites excluding steroid dienone is 1. The van der Waals surface area contributed by atoms with Gasteiger partial charge in [-0.05, 0) is 42.0 Å². The monoisotopic (exact) mass is 415 g/mol. The van der Waals surface area contributed by atoms with Gasteiger partial charge < -0.3 is 5.32 Å². The standard InChI is InChI=1S/C23H21N5OS/c1-3-14-28-21(18-10-12-24-13-11-18)26-27-23(28)30-16(2)22(29)25-20-9-8-17-6-4-5-7-19(17)15-20/h3-13,15-16H,1,14H2,2H3,(H,25,29)/t16-/m1/s1. The van der Waals surface area contributed by atoms with Crippen LogP contribution in [-0.4, -0.2) is 30.9 Å². The van der Waals surface area contributed by atoms with Crippen LogP contribution in [0.5, 0.6) is 0 Å². The summed E-state index contributed by atoms with van der Waals surface area (Å²) in [6, 6.07) is 17.7. The van der Waals surface area contributed by atoms with Gasteiger partial charge in [0.2, 0.25) is 5.91 Å². The number of rotatable bonds is 7. The number of anilines is 1. The molecule has 2 heterocycles. The van der Waals surface area contributed by atoms with Crippen LogP contribution in [-0.2, 0) is 11.3 Å². The highest BCUT2D eigenvalue weighted by molar-refractivity contribution is 8.00. The fourth-order valence-corrected chi connectivity index (χ4v) is 3.97. The minimum absolute atomic E-state index is 0.0890. The molecule has 4 rings (SSSR count). The average Bonchev–Trinajstić information content (AvgIpc) is 3.16. The van der Waals surface area contributed by atoms with E-state index in [1.54, 1.807) is 18.5 Å². The number of thioether (sulfide) groups is 1. The van der Waals surface area contributed by atoms with Gasteiger partial charge in [-0.1, -0.05) is 48.2 Å². The molecule has 7 heteroatoms. The second-order valence-electron chi connectivity index (χ2n) is 6.75. The van der Waals surface area contributed by atoms with Crippen LogP contribution in [0.15, 0.2) is 84.8 Å². The summed E-state index contributed by atoms with van der Waals surface area (Å²) >= 11 is 1.37. The van der Waals surface area contributed by atoms with Crippen LogP contribution in [0.3, 0.4) is 0 Å². The SMILES string of the molecule is C=CCn1c(S[C@H](C)C(=O)Nc2ccc3ccccc3c2)nnc1-c1ccncc1. The Kier molecular flexibility index (Phi) is 5.90. The van der Waals surface area contributed by atoms with E-state index < -0.39 is 0 Å². The second-order valence-corrected chi connectivity index (χ2v) is 8.06. The van der Waals surface area contributed by atoms with Crippen LogP contribution >= 0.6 is 11.8 Å². The Balaban J connectivity index is 1.51. The summed E-state index contributed by atoms with van der Waals surface area (Å²) in [5.41, 5.74) is 1.69. The first-order valence-electron chi connectivity index (χ1n) is 9.56. The number of benzene rings is 2. The van der Waals surface area contributed by atoms with Crippen LogP contribution in [0.25, 0.3) is 22.2 Å². The molecular formula is C23H21N5OS. The Labute approximate surface area is 179 Å². The molecule has 1 atom stereocenters. The lowest BCUT2D eigenvalue weighted by Gasteiger charge is -2.13. The van der Waals surface area contributed by atoms with E-state index in [0.29, 0.717) is 11.7 Å². The summed E-state index contributed by atoms with van der Waals surface area (Å²) in [5, 5.41) is 14.2. The molecule has 1 N–H and O–H groups in total. The van der Waals surface area contributed by atoms with Gasteiger partial charge in [0.1, 0.15) is 0 Å². The molecule has 0 saturated heterocycles. The molecular weight excluding hydrogens is 394 g/mol. The number of hydrogen-bond donors (Lipinski definition) is 1. The van der Waals surface area contributed by atoms with Gasteiger partial charge in [0.05, 0.1) is 5.25 Å². The van der Waals surface area contributed by atoms with Gasteiger partial charge in [-0.3, -0.25) is 14.3 Å². The summed E-state index contributed by atoms with van der Waals surface area (Å²) in [6.07, 6.45) is 5.22. The third kappa shape index (κ3) is 4.26. The molecule has 4 aromatic rings. The summed E-state index contributed by atoms with van der Waals surface area (Å²) in [5.74, 6) is 0.635. The van der Waals surface area contributed by atoms with Crippen molar-refractivity contribution in [1.29, 1.82) is 0 Å². The van der Waals surface area contributed by atoms with Crippen molar-refractivity contribution in [3.8, 4) is 11.4 Å². The van der Waals surface area contributed by atoms with E-state index in [1.807, 2.05) is 66.1 Å². The molecule has 0 aliphatic carbocycles. The summed E-state index contributed by atoms with van der Waals surface area (Å²) in [6.45, 7) is 6.24. The molecule has 0 radical (unpaired) electrons. The maximum atomic E-state index is 12.8. The average molecular weight is 416 g/mol. The first-order chi connectivity index (χ1) is 14.7. The normalized spacial score (nSPS) is 11.9. The van der Waals surface area contributed by atoms with Gasteiger partial charge in [-0.2, -0.15) is 0 Å². The number of pyridine rings is 1. The lowest BCUT2D eigenvalue weighted by Crippen LogP contribution is -2.23. The molecule has 0 bridgehead atoms. The van der Waals surface area contributed by atoms with E-state index in [0.717, 1.165) is 27.8 Å². The lowest BCUT2D eigenvalue weighted by molar-refractivity contribution is -0.115. The third-order valence-electron chi connectivity index (χ3n) is 4.64. The largest absolute Gasteiger partial charge is 0.325 e. The molecule has 0 unspecified atom stereocenters. The highest BCUT2D eigenvalue weighted by Crippen LogP contribution is 2.27. The van der Waals surface area contributed by atoms with Crippen molar-refractivity contribution in [2.75, 3.05) is 5.32 Å². The van der Waals surface area contributed by atoms with Crippen molar-refractivity contribution in [2.24, 2.45) is 0 Å². The predicted octanol–water partition coefficient (Wildman–Crippen LogP) is 4.80. The van der Waals surface area contributed by atoms with Crippen molar-refractivity contribution in [1.82, 2.24) is 19.7 Å². The second kappa shape index (κ2) is 8.92. The molecule has 2 aromatic carbocycles. The maximum absolute atomic E-state index is 12.8. The van der Waals surface area contributed by atoms with E-state index in [1.165, 1.54) is 11.8 Å². The summed E-state index contributed by atoms with van der Waals surface area (Å²) < 4.78 is 1.95. The van der Waals surface area contributed by atoms with Crippen LogP contribution in [0, 0.1) is 0 Å². The minimum Gasteiger partial charge on any atom is -0.325 e. The number of nitrogens with one attached hydrogen (secondary N) is 1. The van der Waals surface area contributed by atoms with Gasteiger partial charge >= 0.3 is 0 Å². The molecule has 1 amide bonds. The Morgan fingerprint density at radius 1 is 1.13 bits per heavy atom. The summed E-state index contributed by atoms with van der Waals surface area (Å²) in [7, 11) is 0. The number of amides is 1. The van der Waals surface area contributed by atoms with Crippen molar-refractivity contribution < 1.29 is 4.79 Å². The smallest absolute Gasteiger partial charge is 0.237 e. The zero-order chi connectivity index (χ0) is 20.9. The predicted molar refractivity (Wildman–Crippen MR) is 121 cm³/mol. The number of carbonyl (C=O) groups excluding carboxylic acids is 1. The van der Waals surface area contributed by atoms with Crippen molar-refractivity contribution >= 4 is 34.1 Å². The Morgan fingerprint density at radius 2 is 1.90 bits per heavy atom. The Hall–Kier alpha value is -3.45. The molecule has 0 fully saturated rings. The van der Waals surface area contributed by atoms with E-state index >= 15 is 0 Å². The molecule has 30 heavy (non-hydrogen) atoms. The molecule has 0 saturated carbocycles. The maximum Gasteiger partial charge on any atom is 0.237 e. The Bertz CT molecular complexity index is 1190. The molecule has 0 aliphatic rings.